The first-order valence-corrected chi connectivity index (χ1v) is 26.4. The van der Waals surface area contributed by atoms with E-state index in [-0.39, 0.29) is 18.0 Å². The van der Waals surface area contributed by atoms with Crippen molar-refractivity contribution in [2.45, 2.75) is 266 Å². The van der Waals surface area contributed by atoms with Gasteiger partial charge in [0.2, 0.25) is 0 Å². The second-order valence-corrected chi connectivity index (χ2v) is 19.6. The van der Waals surface area contributed by atoms with Gasteiger partial charge in [-0.25, -0.2) is 4.79 Å². The largest absolute Gasteiger partial charge is 0.465 e. The molecule has 362 valence electrons. The highest BCUT2D eigenvalue weighted by atomic mass is 16.6. The lowest BCUT2D eigenvalue weighted by atomic mass is 9.95. The predicted molar refractivity (Wildman–Crippen MR) is 259 cm³/mol. The minimum atomic E-state index is -0.511. The van der Waals surface area contributed by atoms with Crippen LogP contribution in [0.4, 0.5) is 4.79 Å². The van der Waals surface area contributed by atoms with Crippen molar-refractivity contribution >= 4 is 18.0 Å². The minimum absolute atomic E-state index is 0.0395. The number of amides is 1. The van der Waals surface area contributed by atoms with Gasteiger partial charge in [0.15, 0.2) is 0 Å². The van der Waals surface area contributed by atoms with Gasteiger partial charge in [-0.3, -0.25) is 9.59 Å². The summed E-state index contributed by atoms with van der Waals surface area (Å²) >= 11 is 0. The molecule has 0 aliphatic heterocycles. The van der Waals surface area contributed by atoms with Gasteiger partial charge in [0.1, 0.15) is 5.60 Å². The van der Waals surface area contributed by atoms with Crippen LogP contribution >= 0.6 is 0 Å². The van der Waals surface area contributed by atoms with Crippen LogP contribution in [0.25, 0.3) is 0 Å². The van der Waals surface area contributed by atoms with Crippen molar-refractivity contribution in [2.75, 3.05) is 46.4 Å². The summed E-state index contributed by atoms with van der Waals surface area (Å²) in [5.41, 5.74) is -0.511. The van der Waals surface area contributed by atoms with Crippen molar-refractivity contribution in [2.24, 2.45) is 11.8 Å². The van der Waals surface area contributed by atoms with Gasteiger partial charge in [-0.15, -0.1) is 0 Å². The highest BCUT2D eigenvalue weighted by Crippen LogP contribution is 2.22. The molecule has 0 aromatic rings. The molecule has 0 fully saturated rings. The van der Waals surface area contributed by atoms with E-state index < -0.39 is 5.60 Å². The first-order valence-electron chi connectivity index (χ1n) is 26.4. The van der Waals surface area contributed by atoms with E-state index >= 15 is 0 Å². The van der Waals surface area contributed by atoms with Gasteiger partial charge < -0.3 is 24.0 Å². The average Bonchev–Trinajstić information content (AvgIpc) is 3.22. The zero-order valence-corrected chi connectivity index (χ0v) is 42.1. The molecule has 0 rings (SSSR count). The summed E-state index contributed by atoms with van der Waals surface area (Å²) in [4.78, 5) is 42.3. The van der Waals surface area contributed by atoms with E-state index in [0.717, 1.165) is 64.6 Å². The maximum absolute atomic E-state index is 12.8. The third-order valence-electron chi connectivity index (χ3n) is 12.2. The number of hydrogen-bond donors (Lipinski definition) is 0. The highest BCUT2D eigenvalue weighted by molar-refractivity contribution is 5.69. The molecule has 8 nitrogen and oxygen atoms in total. The quantitative estimate of drug-likeness (QED) is 0.0342. The fourth-order valence-corrected chi connectivity index (χ4v) is 8.20. The molecule has 0 aliphatic rings. The topological polar surface area (TPSA) is 85.4 Å². The molecule has 8 heteroatoms. The van der Waals surface area contributed by atoms with Gasteiger partial charge in [-0.2, -0.15) is 0 Å². The standard InChI is InChI=1S/C53H104N2O6/c1-9-13-17-21-23-29-38-48(36-27-19-15-11-3)46-59-50(56)40-31-25-33-43-55(45-35-42-54(8)52(58)61-53(5,6)7)44-34-26-32-41-51(57)60-47-49(37-28-20-16-12-4)39-30-24-22-18-14-10-2/h48-49H,9-47H2,1-8H3. The second kappa shape index (κ2) is 42.1. The summed E-state index contributed by atoms with van der Waals surface area (Å²) in [5, 5.41) is 0. The minimum Gasteiger partial charge on any atom is -0.465 e. The SMILES string of the molecule is CCCCCCCCC(CCCCCC)COC(=O)CCCCCN(CCCCCC(=O)OCC(CCCCCC)CCCCCCCC)CCCN(C)C(=O)OC(C)(C)C. The third kappa shape index (κ3) is 40.7. The van der Waals surface area contributed by atoms with Crippen molar-refractivity contribution in [3.63, 3.8) is 0 Å². The van der Waals surface area contributed by atoms with Crippen molar-refractivity contribution in [3.8, 4) is 0 Å². The number of carbonyl (C=O) groups excluding carboxylic acids is 3. The molecule has 0 saturated carbocycles. The highest BCUT2D eigenvalue weighted by Gasteiger charge is 2.20. The Labute approximate surface area is 379 Å². The fourth-order valence-electron chi connectivity index (χ4n) is 8.20. The Bertz CT molecular complexity index is 942. The molecule has 0 saturated heterocycles. The van der Waals surface area contributed by atoms with E-state index in [1.165, 1.54) is 154 Å². The average molecular weight is 865 g/mol. The smallest absolute Gasteiger partial charge is 0.410 e. The predicted octanol–water partition coefficient (Wildman–Crippen LogP) is 15.4. The number of hydrogen-bond acceptors (Lipinski definition) is 7. The molecule has 0 aromatic carbocycles. The van der Waals surface area contributed by atoms with E-state index in [9.17, 15) is 14.4 Å². The van der Waals surface area contributed by atoms with Crippen LogP contribution in [0.15, 0.2) is 0 Å². The molecule has 0 spiro atoms. The summed E-state index contributed by atoms with van der Waals surface area (Å²) in [6.07, 6.45) is 37.8. The monoisotopic (exact) mass is 865 g/mol. The van der Waals surface area contributed by atoms with Crippen LogP contribution in [0.5, 0.6) is 0 Å². The molecule has 2 unspecified atom stereocenters. The number of nitrogens with zero attached hydrogens (tertiary/aromatic N) is 2. The first kappa shape index (κ1) is 59.2. The Kier molecular flexibility index (Phi) is 40.9. The van der Waals surface area contributed by atoms with Crippen LogP contribution in [0.2, 0.25) is 0 Å². The Morgan fingerprint density at radius 1 is 0.426 bits per heavy atom. The van der Waals surface area contributed by atoms with Crippen molar-refractivity contribution in [3.05, 3.63) is 0 Å². The van der Waals surface area contributed by atoms with Crippen LogP contribution in [-0.4, -0.2) is 79.9 Å². The van der Waals surface area contributed by atoms with E-state index in [4.69, 9.17) is 14.2 Å². The summed E-state index contributed by atoms with van der Waals surface area (Å²) in [7, 11) is 1.81. The van der Waals surface area contributed by atoms with Crippen LogP contribution in [0.1, 0.15) is 260 Å². The lowest BCUT2D eigenvalue weighted by molar-refractivity contribution is -0.146. The Morgan fingerprint density at radius 2 is 0.754 bits per heavy atom. The van der Waals surface area contributed by atoms with Crippen LogP contribution in [-0.2, 0) is 23.8 Å². The molecule has 0 radical (unpaired) electrons. The number of unbranched alkanes of at least 4 members (excludes halogenated alkanes) is 20. The summed E-state index contributed by atoms with van der Waals surface area (Å²) < 4.78 is 17.3. The zero-order valence-electron chi connectivity index (χ0n) is 42.1. The molecule has 1 amide bonds. The number of esters is 2. The Balaban J connectivity index is 4.84. The zero-order chi connectivity index (χ0) is 45.2. The lowest BCUT2D eigenvalue weighted by Crippen LogP contribution is -2.36. The maximum Gasteiger partial charge on any atom is 0.410 e. The Hall–Kier alpha value is -1.83. The van der Waals surface area contributed by atoms with Gasteiger partial charge in [0.05, 0.1) is 13.2 Å². The van der Waals surface area contributed by atoms with E-state index in [1.54, 1.807) is 4.90 Å². The van der Waals surface area contributed by atoms with Crippen LogP contribution in [0.3, 0.4) is 0 Å². The van der Waals surface area contributed by atoms with E-state index in [1.807, 2.05) is 27.8 Å². The lowest BCUT2D eigenvalue weighted by Gasteiger charge is -2.26. The van der Waals surface area contributed by atoms with Crippen LogP contribution in [0, 0.1) is 11.8 Å². The molecule has 0 aliphatic carbocycles. The van der Waals surface area contributed by atoms with Gasteiger partial charge in [0, 0.05) is 26.4 Å². The summed E-state index contributed by atoms with van der Waals surface area (Å²) in [6, 6.07) is 0. The molecule has 2 atom stereocenters. The molecule has 61 heavy (non-hydrogen) atoms. The van der Waals surface area contributed by atoms with Gasteiger partial charge in [-0.05, 0) is 110 Å². The third-order valence-corrected chi connectivity index (χ3v) is 12.2. The van der Waals surface area contributed by atoms with Gasteiger partial charge >= 0.3 is 18.0 Å². The van der Waals surface area contributed by atoms with Crippen molar-refractivity contribution < 1.29 is 28.6 Å². The van der Waals surface area contributed by atoms with Crippen LogP contribution < -0.4 is 0 Å². The molecular formula is C53H104N2O6. The van der Waals surface area contributed by atoms with E-state index in [2.05, 4.69) is 32.6 Å². The second-order valence-electron chi connectivity index (χ2n) is 19.6. The normalized spacial score (nSPS) is 12.7. The van der Waals surface area contributed by atoms with Crippen molar-refractivity contribution in [1.29, 1.82) is 0 Å². The molecule has 0 bridgehead atoms. The maximum atomic E-state index is 12.8. The molecule has 0 aromatic heterocycles. The van der Waals surface area contributed by atoms with Gasteiger partial charge in [0.25, 0.3) is 0 Å². The molecule has 0 N–H and O–H groups in total. The van der Waals surface area contributed by atoms with Gasteiger partial charge in [-0.1, -0.05) is 169 Å². The van der Waals surface area contributed by atoms with Crippen molar-refractivity contribution in [1.82, 2.24) is 9.80 Å². The van der Waals surface area contributed by atoms with E-state index in [0.29, 0.717) is 44.4 Å². The molecular weight excluding hydrogens is 761 g/mol. The number of carbonyl (C=O) groups is 3. The summed E-state index contributed by atoms with van der Waals surface area (Å²) in [6.45, 7) is 19.4. The number of ether oxygens (including phenoxy) is 3. The molecule has 0 heterocycles. The first-order chi connectivity index (χ1) is 29.4. The summed E-state index contributed by atoms with van der Waals surface area (Å²) in [5.74, 6) is 0.917. The fraction of sp³-hybridized carbons (Fsp3) is 0.943. The number of rotatable bonds is 44. The Morgan fingerprint density at radius 3 is 1.13 bits per heavy atom.